The van der Waals surface area contributed by atoms with Crippen LogP contribution in [0.3, 0.4) is 0 Å². The molecule has 0 aliphatic carbocycles. The van der Waals surface area contributed by atoms with Gasteiger partial charge in [0.15, 0.2) is 11.5 Å². The molecule has 0 saturated heterocycles. The summed E-state index contributed by atoms with van der Waals surface area (Å²) in [5, 5.41) is 0. The Labute approximate surface area is 89.1 Å². The van der Waals surface area contributed by atoms with Crippen molar-refractivity contribution in [2.75, 3.05) is 20.3 Å². The van der Waals surface area contributed by atoms with Crippen LogP contribution < -0.4 is 15.0 Å². The number of aryl methyl sites for hydroxylation is 1. The molecular formula is C11H15NO3. The van der Waals surface area contributed by atoms with Crippen LogP contribution in [0.4, 0.5) is 0 Å². The number of hydroxylamine groups is 1. The highest BCUT2D eigenvalue weighted by molar-refractivity contribution is 5.47. The van der Waals surface area contributed by atoms with Gasteiger partial charge in [-0.3, -0.25) is 0 Å². The van der Waals surface area contributed by atoms with Gasteiger partial charge in [-0.15, -0.1) is 0 Å². The first kappa shape index (κ1) is 10.3. The van der Waals surface area contributed by atoms with Gasteiger partial charge in [0, 0.05) is 6.54 Å². The van der Waals surface area contributed by atoms with Crippen LogP contribution in [0.25, 0.3) is 0 Å². The molecule has 0 aromatic heterocycles. The zero-order chi connectivity index (χ0) is 10.7. The van der Waals surface area contributed by atoms with E-state index >= 15 is 0 Å². The van der Waals surface area contributed by atoms with Crippen molar-refractivity contribution >= 4 is 0 Å². The first-order valence-corrected chi connectivity index (χ1v) is 4.96. The van der Waals surface area contributed by atoms with Crippen LogP contribution in [0, 0.1) is 6.92 Å². The predicted molar refractivity (Wildman–Crippen MR) is 56.0 cm³/mol. The second-order valence-electron chi connectivity index (χ2n) is 3.45. The van der Waals surface area contributed by atoms with E-state index in [1.54, 1.807) is 7.11 Å². The Bertz CT molecular complexity index is 352. The molecule has 0 unspecified atom stereocenters. The molecule has 1 aromatic carbocycles. The van der Waals surface area contributed by atoms with Gasteiger partial charge >= 0.3 is 0 Å². The minimum atomic E-state index is 0.618. The molecule has 1 aliphatic rings. The lowest BCUT2D eigenvalue weighted by atomic mass is 10.1. The van der Waals surface area contributed by atoms with Crippen LogP contribution in [-0.2, 0) is 11.4 Å². The summed E-state index contributed by atoms with van der Waals surface area (Å²) in [6.07, 6.45) is 0. The molecule has 1 aromatic rings. The summed E-state index contributed by atoms with van der Waals surface area (Å²) in [5.41, 5.74) is 5.14. The predicted octanol–water partition coefficient (Wildman–Crippen LogP) is 1.42. The van der Waals surface area contributed by atoms with Gasteiger partial charge in [-0.1, -0.05) is 0 Å². The maximum absolute atomic E-state index is 5.51. The normalized spacial score (nSPS) is 14.0. The van der Waals surface area contributed by atoms with Crippen molar-refractivity contribution in [1.29, 1.82) is 0 Å². The average Bonchev–Trinajstić information content (AvgIpc) is 2.26. The van der Waals surface area contributed by atoms with Gasteiger partial charge in [-0.2, -0.15) is 5.48 Å². The van der Waals surface area contributed by atoms with Crippen LogP contribution in [0.2, 0.25) is 0 Å². The van der Waals surface area contributed by atoms with Crippen molar-refractivity contribution in [3.05, 3.63) is 23.3 Å². The number of fused-ring (bicyclic) bond motifs is 1. The molecule has 4 nitrogen and oxygen atoms in total. The van der Waals surface area contributed by atoms with Gasteiger partial charge in [-0.05, 0) is 30.2 Å². The summed E-state index contributed by atoms with van der Waals surface area (Å²) >= 11 is 0. The molecule has 2 rings (SSSR count). The van der Waals surface area contributed by atoms with E-state index in [-0.39, 0.29) is 0 Å². The lowest BCUT2D eigenvalue weighted by Crippen LogP contribution is -2.17. The Kier molecular flexibility index (Phi) is 3.08. The molecule has 0 spiro atoms. The number of hydrogen-bond donors (Lipinski definition) is 1. The molecule has 1 aliphatic heterocycles. The van der Waals surface area contributed by atoms with Gasteiger partial charge in [0.25, 0.3) is 0 Å². The largest absolute Gasteiger partial charge is 0.486 e. The Balaban J connectivity index is 2.24. The van der Waals surface area contributed by atoms with Gasteiger partial charge in [0.1, 0.15) is 13.2 Å². The Hall–Kier alpha value is -1.26. The molecule has 82 valence electrons. The van der Waals surface area contributed by atoms with Crippen molar-refractivity contribution < 1.29 is 14.3 Å². The summed E-state index contributed by atoms with van der Waals surface area (Å²) in [4.78, 5) is 4.82. The molecule has 0 amide bonds. The van der Waals surface area contributed by atoms with E-state index in [1.807, 2.05) is 19.1 Å². The van der Waals surface area contributed by atoms with Crippen molar-refractivity contribution in [2.24, 2.45) is 0 Å². The standard InChI is InChI=1S/C11H15NO3/c1-8-5-10-11(15-4-3-14-10)6-9(8)7-12-13-2/h5-6,12H,3-4,7H2,1-2H3. The minimum absolute atomic E-state index is 0.618. The van der Waals surface area contributed by atoms with Crippen molar-refractivity contribution in [2.45, 2.75) is 13.5 Å². The summed E-state index contributed by atoms with van der Waals surface area (Å²) in [6.45, 7) is 3.96. The summed E-state index contributed by atoms with van der Waals surface area (Å²) in [7, 11) is 1.60. The van der Waals surface area contributed by atoms with E-state index < -0.39 is 0 Å². The van der Waals surface area contributed by atoms with E-state index in [4.69, 9.17) is 14.3 Å². The van der Waals surface area contributed by atoms with Crippen LogP contribution in [-0.4, -0.2) is 20.3 Å². The number of nitrogens with one attached hydrogen (secondary N) is 1. The zero-order valence-corrected chi connectivity index (χ0v) is 9.00. The fraction of sp³-hybridized carbons (Fsp3) is 0.455. The van der Waals surface area contributed by atoms with Gasteiger partial charge < -0.3 is 14.3 Å². The molecule has 0 fully saturated rings. The summed E-state index contributed by atoms with van der Waals surface area (Å²) in [6, 6.07) is 4.00. The van der Waals surface area contributed by atoms with Crippen molar-refractivity contribution in [3.8, 4) is 11.5 Å². The first-order valence-electron chi connectivity index (χ1n) is 4.96. The Morgan fingerprint density at radius 1 is 1.27 bits per heavy atom. The molecule has 4 heteroatoms. The lowest BCUT2D eigenvalue weighted by Gasteiger charge is -2.20. The Morgan fingerprint density at radius 2 is 1.93 bits per heavy atom. The second-order valence-corrected chi connectivity index (χ2v) is 3.45. The van der Waals surface area contributed by atoms with Crippen molar-refractivity contribution in [3.63, 3.8) is 0 Å². The van der Waals surface area contributed by atoms with E-state index in [1.165, 1.54) is 5.56 Å². The Morgan fingerprint density at radius 3 is 2.60 bits per heavy atom. The van der Waals surface area contributed by atoms with E-state index in [0.717, 1.165) is 17.1 Å². The highest BCUT2D eigenvalue weighted by atomic mass is 16.6. The maximum atomic E-state index is 5.51. The van der Waals surface area contributed by atoms with E-state index in [2.05, 4.69) is 5.48 Å². The second kappa shape index (κ2) is 4.51. The first-order chi connectivity index (χ1) is 7.31. The molecular weight excluding hydrogens is 194 g/mol. The topological polar surface area (TPSA) is 39.7 Å². The van der Waals surface area contributed by atoms with Crippen LogP contribution >= 0.6 is 0 Å². The van der Waals surface area contributed by atoms with Gasteiger partial charge in [0.05, 0.1) is 7.11 Å². The van der Waals surface area contributed by atoms with E-state index in [9.17, 15) is 0 Å². The summed E-state index contributed by atoms with van der Waals surface area (Å²) in [5.74, 6) is 1.65. The van der Waals surface area contributed by atoms with Crippen LogP contribution in [0.1, 0.15) is 11.1 Å². The lowest BCUT2D eigenvalue weighted by molar-refractivity contribution is 0.0864. The molecule has 1 heterocycles. The number of ether oxygens (including phenoxy) is 2. The fourth-order valence-corrected chi connectivity index (χ4v) is 1.57. The monoisotopic (exact) mass is 209 g/mol. The number of rotatable bonds is 3. The molecule has 15 heavy (non-hydrogen) atoms. The number of benzene rings is 1. The van der Waals surface area contributed by atoms with Crippen molar-refractivity contribution in [1.82, 2.24) is 5.48 Å². The fourth-order valence-electron chi connectivity index (χ4n) is 1.57. The third-order valence-corrected chi connectivity index (χ3v) is 2.41. The zero-order valence-electron chi connectivity index (χ0n) is 9.00. The molecule has 1 N–H and O–H groups in total. The van der Waals surface area contributed by atoms with Gasteiger partial charge in [0.2, 0.25) is 0 Å². The van der Waals surface area contributed by atoms with Crippen LogP contribution in [0.15, 0.2) is 12.1 Å². The summed E-state index contributed by atoms with van der Waals surface area (Å²) < 4.78 is 11.0. The molecule has 0 atom stereocenters. The molecule has 0 saturated carbocycles. The maximum Gasteiger partial charge on any atom is 0.161 e. The van der Waals surface area contributed by atoms with Crippen LogP contribution in [0.5, 0.6) is 11.5 Å². The van der Waals surface area contributed by atoms with Gasteiger partial charge in [-0.25, -0.2) is 0 Å². The van der Waals surface area contributed by atoms with E-state index in [0.29, 0.717) is 19.8 Å². The number of hydrogen-bond acceptors (Lipinski definition) is 4. The smallest absolute Gasteiger partial charge is 0.161 e. The highest BCUT2D eigenvalue weighted by Crippen LogP contribution is 2.32. The SMILES string of the molecule is CONCc1cc2c(cc1C)OCCO2. The highest BCUT2D eigenvalue weighted by Gasteiger charge is 2.13. The average molecular weight is 209 g/mol. The third kappa shape index (κ3) is 2.22. The molecule has 0 bridgehead atoms. The molecule has 0 radical (unpaired) electrons. The quantitative estimate of drug-likeness (QED) is 0.764. The third-order valence-electron chi connectivity index (χ3n) is 2.41. The minimum Gasteiger partial charge on any atom is -0.486 e.